The Hall–Kier alpha value is -2.58. The molecule has 4 atom stereocenters. The van der Waals surface area contributed by atoms with Crippen LogP contribution in [0.2, 0.25) is 5.02 Å². The summed E-state index contributed by atoms with van der Waals surface area (Å²) in [6.07, 6.45) is -2.54. The number of aliphatic hydroxyl groups is 1. The van der Waals surface area contributed by atoms with Gasteiger partial charge in [0.2, 0.25) is 0 Å². The highest BCUT2D eigenvalue weighted by Crippen LogP contribution is 2.60. The van der Waals surface area contributed by atoms with Crippen LogP contribution in [0.5, 0.6) is 0 Å². The number of carbonyl (C=O) groups is 1. The fourth-order valence-corrected chi connectivity index (χ4v) is 4.95. The van der Waals surface area contributed by atoms with Crippen LogP contribution in [-0.2, 0) is 11.8 Å². The molecule has 0 saturated heterocycles. The minimum atomic E-state index is -4.53. The Morgan fingerprint density at radius 3 is 2.63 bits per heavy atom. The zero-order chi connectivity index (χ0) is 21.3. The molecule has 9 heteroatoms. The van der Waals surface area contributed by atoms with Crippen LogP contribution in [0, 0.1) is 11.8 Å². The average molecular weight is 436 g/mol. The van der Waals surface area contributed by atoms with Gasteiger partial charge >= 0.3 is 6.18 Å². The number of fused-ring (bicyclic) bond motifs is 2. The third kappa shape index (κ3) is 3.15. The van der Waals surface area contributed by atoms with Gasteiger partial charge in [-0.1, -0.05) is 17.7 Å². The van der Waals surface area contributed by atoms with Gasteiger partial charge in [0.15, 0.2) is 0 Å². The lowest BCUT2D eigenvalue weighted by molar-refractivity contribution is -0.137. The third-order valence-electron chi connectivity index (χ3n) is 6.25. The van der Waals surface area contributed by atoms with Gasteiger partial charge in [-0.2, -0.15) is 18.3 Å². The van der Waals surface area contributed by atoms with Gasteiger partial charge in [-0.3, -0.25) is 9.89 Å². The summed E-state index contributed by atoms with van der Waals surface area (Å²) in [5, 5.41) is 21.5. The number of H-pyrrole nitrogens is 1. The predicted molar refractivity (Wildman–Crippen MR) is 104 cm³/mol. The van der Waals surface area contributed by atoms with Crippen molar-refractivity contribution in [2.24, 2.45) is 11.8 Å². The fourth-order valence-electron chi connectivity index (χ4n) is 4.76. The molecule has 5 nitrogen and oxygen atoms in total. The Kier molecular flexibility index (Phi) is 4.17. The van der Waals surface area contributed by atoms with E-state index in [1.807, 2.05) is 0 Å². The number of alkyl halides is 3. The van der Waals surface area contributed by atoms with E-state index in [1.54, 1.807) is 24.3 Å². The van der Waals surface area contributed by atoms with Crippen molar-refractivity contribution in [3.8, 4) is 0 Å². The molecular formula is C21H17ClF3N3O2. The predicted octanol–water partition coefficient (Wildman–Crippen LogP) is 4.26. The third-order valence-corrected chi connectivity index (χ3v) is 6.49. The van der Waals surface area contributed by atoms with E-state index in [0.29, 0.717) is 16.0 Å². The number of halogens is 4. The van der Waals surface area contributed by atoms with E-state index in [0.717, 1.165) is 12.1 Å². The van der Waals surface area contributed by atoms with Crippen LogP contribution in [0.4, 0.5) is 13.2 Å². The van der Waals surface area contributed by atoms with E-state index < -0.39 is 17.3 Å². The molecule has 0 bridgehead atoms. The minimum absolute atomic E-state index is 0.00891. The molecule has 2 fully saturated rings. The molecule has 1 amide bonds. The van der Waals surface area contributed by atoms with Crippen LogP contribution >= 0.6 is 11.6 Å². The SMILES string of the molecule is O=C(N[C@H]1[C@@H]2C[C@@](O)(c3cc(C(F)(F)F)cc4[nH]ncc34)C[C@@H]21)c1cccc(Cl)c1. The second-order valence-corrected chi connectivity index (χ2v) is 8.57. The Labute approximate surface area is 174 Å². The second-order valence-electron chi connectivity index (χ2n) is 8.13. The quantitative estimate of drug-likeness (QED) is 0.575. The van der Waals surface area contributed by atoms with Gasteiger partial charge in [0.05, 0.1) is 22.9 Å². The molecular weight excluding hydrogens is 419 g/mol. The van der Waals surface area contributed by atoms with Crippen LogP contribution in [0.25, 0.3) is 10.9 Å². The Morgan fingerprint density at radius 1 is 1.23 bits per heavy atom. The highest BCUT2D eigenvalue weighted by molar-refractivity contribution is 6.30. The van der Waals surface area contributed by atoms with Crippen LogP contribution in [0.3, 0.4) is 0 Å². The summed E-state index contributed by atoms with van der Waals surface area (Å²) >= 11 is 5.92. The molecule has 2 aliphatic rings. The maximum atomic E-state index is 13.3. The van der Waals surface area contributed by atoms with Gasteiger partial charge in [-0.15, -0.1) is 0 Å². The first-order valence-corrected chi connectivity index (χ1v) is 9.87. The molecule has 1 aromatic heterocycles. The van der Waals surface area contributed by atoms with Crippen molar-refractivity contribution in [3.05, 3.63) is 64.3 Å². The lowest BCUT2D eigenvalue weighted by atomic mass is 9.85. The summed E-state index contributed by atoms with van der Waals surface area (Å²) in [4.78, 5) is 12.4. The molecule has 2 aliphatic carbocycles. The van der Waals surface area contributed by atoms with E-state index in [2.05, 4.69) is 15.5 Å². The zero-order valence-corrected chi connectivity index (χ0v) is 16.3. The highest BCUT2D eigenvalue weighted by atomic mass is 35.5. The van der Waals surface area contributed by atoms with Crippen molar-refractivity contribution in [3.63, 3.8) is 0 Å². The van der Waals surface area contributed by atoms with E-state index in [-0.39, 0.29) is 47.7 Å². The number of nitrogens with zero attached hydrogens (tertiary/aromatic N) is 1. The number of nitrogens with one attached hydrogen (secondary N) is 2. The molecule has 0 unspecified atom stereocenters. The van der Waals surface area contributed by atoms with Crippen LogP contribution in [-0.4, -0.2) is 27.3 Å². The number of rotatable bonds is 3. The monoisotopic (exact) mass is 435 g/mol. The number of benzene rings is 2. The molecule has 2 aromatic carbocycles. The Balaban J connectivity index is 1.36. The van der Waals surface area contributed by atoms with Gasteiger partial charge in [0.1, 0.15) is 0 Å². The van der Waals surface area contributed by atoms with Crippen LogP contribution in [0.1, 0.15) is 34.3 Å². The number of amides is 1. The molecule has 5 rings (SSSR count). The summed E-state index contributed by atoms with van der Waals surface area (Å²) in [7, 11) is 0. The summed E-state index contributed by atoms with van der Waals surface area (Å²) in [5.74, 6) is -0.235. The summed E-state index contributed by atoms with van der Waals surface area (Å²) in [6, 6.07) is 8.50. The van der Waals surface area contributed by atoms with Crippen molar-refractivity contribution >= 4 is 28.4 Å². The average Bonchev–Trinajstić information content (AvgIpc) is 3.04. The van der Waals surface area contributed by atoms with Crippen LogP contribution in [0.15, 0.2) is 42.6 Å². The Morgan fingerprint density at radius 2 is 1.97 bits per heavy atom. The molecule has 3 N–H and O–H groups in total. The molecule has 3 aromatic rings. The number of carbonyl (C=O) groups excluding carboxylic acids is 1. The highest BCUT2D eigenvalue weighted by Gasteiger charge is 2.62. The molecule has 30 heavy (non-hydrogen) atoms. The van der Waals surface area contributed by atoms with Crippen molar-refractivity contribution in [1.29, 1.82) is 0 Å². The van der Waals surface area contributed by atoms with Gasteiger partial charge in [0.25, 0.3) is 5.91 Å². The molecule has 2 saturated carbocycles. The molecule has 0 spiro atoms. The van der Waals surface area contributed by atoms with Crippen molar-refractivity contribution in [1.82, 2.24) is 15.5 Å². The van der Waals surface area contributed by atoms with Gasteiger partial charge in [0, 0.05) is 22.0 Å². The smallest absolute Gasteiger partial charge is 0.385 e. The molecule has 0 radical (unpaired) electrons. The van der Waals surface area contributed by atoms with Gasteiger partial charge < -0.3 is 10.4 Å². The van der Waals surface area contributed by atoms with Crippen molar-refractivity contribution in [2.75, 3.05) is 0 Å². The lowest BCUT2D eigenvalue weighted by Crippen LogP contribution is -2.33. The summed E-state index contributed by atoms with van der Waals surface area (Å²) in [6.45, 7) is 0. The maximum Gasteiger partial charge on any atom is 0.416 e. The van der Waals surface area contributed by atoms with E-state index in [9.17, 15) is 23.1 Å². The van der Waals surface area contributed by atoms with E-state index in [4.69, 9.17) is 11.6 Å². The first-order chi connectivity index (χ1) is 14.2. The zero-order valence-electron chi connectivity index (χ0n) is 15.5. The number of hydrogen-bond donors (Lipinski definition) is 3. The maximum absolute atomic E-state index is 13.3. The van der Waals surface area contributed by atoms with Gasteiger partial charge in [-0.05, 0) is 60.6 Å². The number of aromatic nitrogens is 2. The summed E-state index contributed by atoms with van der Waals surface area (Å²) < 4.78 is 40.0. The van der Waals surface area contributed by atoms with Crippen LogP contribution < -0.4 is 5.32 Å². The van der Waals surface area contributed by atoms with E-state index in [1.165, 1.54) is 6.20 Å². The second kappa shape index (κ2) is 6.46. The lowest BCUT2D eigenvalue weighted by Gasteiger charge is -2.28. The molecule has 0 aliphatic heterocycles. The largest absolute Gasteiger partial charge is 0.416 e. The standard InChI is InChI=1S/C21H17ClF3N3O2/c22-12-3-1-2-10(4-12)19(29)27-18-13-7-20(30,8-14(13)18)16-5-11(21(23,24)25)6-17-15(16)9-26-28-17/h1-6,9,13-14,18,30H,7-8H2,(H,26,28)(H,27,29)/t13-,14+,18+,20+. The van der Waals surface area contributed by atoms with Gasteiger partial charge in [-0.25, -0.2) is 0 Å². The molecule has 1 heterocycles. The topological polar surface area (TPSA) is 78.0 Å². The number of aromatic amines is 1. The molecule has 156 valence electrons. The number of hydrogen-bond acceptors (Lipinski definition) is 3. The minimum Gasteiger partial charge on any atom is -0.385 e. The Bertz CT molecular complexity index is 1150. The fraction of sp³-hybridized carbons (Fsp3) is 0.333. The van der Waals surface area contributed by atoms with Crippen molar-refractivity contribution in [2.45, 2.75) is 30.7 Å². The normalized spacial score (nSPS) is 27.8. The van der Waals surface area contributed by atoms with Crippen molar-refractivity contribution < 1.29 is 23.1 Å². The first kappa shape index (κ1) is 19.4. The van der Waals surface area contributed by atoms with E-state index >= 15 is 0 Å². The summed E-state index contributed by atoms with van der Waals surface area (Å²) in [5.41, 5.74) is -1.31. The first-order valence-electron chi connectivity index (χ1n) is 9.49.